The summed E-state index contributed by atoms with van der Waals surface area (Å²) in [4.78, 5) is 20.0. The molecule has 1 aliphatic carbocycles. The maximum atomic E-state index is 12.7. The molecule has 30 heavy (non-hydrogen) atoms. The molecule has 1 amide bonds. The molecule has 1 aromatic carbocycles. The summed E-state index contributed by atoms with van der Waals surface area (Å²) in [5.74, 6) is 1.24. The largest absolute Gasteiger partial charge is 0.379 e. The number of hydrogen-bond acceptors (Lipinski definition) is 4. The summed E-state index contributed by atoms with van der Waals surface area (Å²) in [6.07, 6.45) is 7.43. The minimum Gasteiger partial charge on any atom is -0.379 e. The number of piperidine rings is 1. The van der Waals surface area contributed by atoms with E-state index in [2.05, 4.69) is 14.8 Å². The van der Waals surface area contributed by atoms with E-state index in [0.717, 1.165) is 55.9 Å². The summed E-state index contributed by atoms with van der Waals surface area (Å²) in [7, 11) is 0. The fourth-order valence-electron chi connectivity index (χ4n) is 5.13. The molecule has 6 nitrogen and oxygen atoms in total. The normalized spacial score (nSPS) is 23.5. The number of carbonyl (C=O) groups is 1. The minimum atomic E-state index is 0.0649. The Morgan fingerprint density at radius 3 is 2.50 bits per heavy atom. The van der Waals surface area contributed by atoms with Crippen LogP contribution in [0.4, 0.5) is 5.95 Å². The third-order valence-electron chi connectivity index (χ3n) is 6.83. The zero-order valence-corrected chi connectivity index (χ0v) is 18.6. The lowest BCUT2D eigenvalue weighted by atomic mass is 9.95. The van der Waals surface area contributed by atoms with E-state index >= 15 is 0 Å². The highest BCUT2D eigenvalue weighted by Crippen LogP contribution is 2.39. The van der Waals surface area contributed by atoms with E-state index in [4.69, 9.17) is 32.9 Å². The number of halogens is 2. The Kier molecular flexibility index (Phi) is 5.82. The lowest BCUT2D eigenvalue weighted by Crippen LogP contribution is -2.44. The molecule has 0 spiro atoms. The molecule has 5 rings (SSSR count). The maximum Gasteiger partial charge on any atom is 0.223 e. The van der Waals surface area contributed by atoms with E-state index in [1.54, 1.807) is 0 Å². The van der Waals surface area contributed by atoms with Crippen LogP contribution >= 0.6 is 23.2 Å². The molecule has 8 heteroatoms. The van der Waals surface area contributed by atoms with Gasteiger partial charge in [0.25, 0.3) is 0 Å². The van der Waals surface area contributed by atoms with Crippen LogP contribution in [0.5, 0.6) is 0 Å². The van der Waals surface area contributed by atoms with Crippen molar-refractivity contribution >= 4 is 46.1 Å². The van der Waals surface area contributed by atoms with Crippen molar-refractivity contribution in [3.05, 3.63) is 22.2 Å². The zero-order valence-electron chi connectivity index (χ0n) is 17.1. The van der Waals surface area contributed by atoms with Gasteiger partial charge in [-0.3, -0.25) is 4.79 Å². The number of rotatable bonds is 4. The number of amides is 1. The maximum absolute atomic E-state index is 12.7. The van der Waals surface area contributed by atoms with Crippen LogP contribution < -0.4 is 10.2 Å². The van der Waals surface area contributed by atoms with Gasteiger partial charge in [0.15, 0.2) is 0 Å². The summed E-state index contributed by atoms with van der Waals surface area (Å²) < 4.78 is 7.75. The van der Waals surface area contributed by atoms with Crippen molar-refractivity contribution in [1.82, 2.24) is 14.9 Å². The van der Waals surface area contributed by atoms with Gasteiger partial charge in [-0.15, -0.1) is 0 Å². The Morgan fingerprint density at radius 1 is 1.07 bits per heavy atom. The van der Waals surface area contributed by atoms with E-state index in [1.807, 2.05) is 12.1 Å². The van der Waals surface area contributed by atoms with Crippen molar-refractivity contribution in [3.63, 3.8) is 0 Å². The van der Waals surface area contributed by atoms with E-state index < -0.39 is 0 Å². The van der Waals surface area contributed by atoms with Crippen LogP contribution in [-0.2, 0) is 9.53 Å². The summed E-state index contributed by atoms with van der Waals surface area (Å²) >= 11 is 12.6. The first-order valence-electron chi connectivity index (χ1n) is 11.1. The highest BCUT2D eigenvalue weighted by atomic mass is 35.5. The standard InChI is InChI=1S/C22H28Cl2N4O2/c23-17-11-19-20(12-18(17)24)28(16-3-1-2-4-16)22(26-19)27-8-5-14(6-9-27)21(29)25-15-7-10-30-13-15/h11-12,14-16H,1-10,13H2,(H,25,29). The number of carbonyl (C=O) groups excluding carboxylic acids is 1. The predicted molar refractivity (Wildman–Crippen MR) is 120 cm³/mol. The van der Waals surface area contributed by atoms with Crippen molar-refractivity contribution in [2.75, 3.05) is 31.2 Å². The van der Waals surface area contributed by atoms with Crippen LogP contribution in [-0.4, -0.2) is 47.8 Å². The fraction of sp³-hybridized carbons (Fsp3) is 0.636. The zero-order chi connectivity index (χ0) is 20.7. The SMILES string of the molecule is O=C(NC1CCOC1)C1CCN(c2nc3cc(Cl)c(Cl)cc3n2C2CCCC2)CC1. The Balaban J connectivity index is 1.36. The smallest absolute Gasteiger partial charge is 0.223 e. The number of benzene rings is 1. The number of aromatic nitrogens is 2. The van der Waals surface area contributed by atoms with Crippen LogP contribution in [0.15, 0.2) is 12.1 Å². The molecule has 162 valence electrons. The second-order valence-electron chi connectivity index (χ2n) is 8.81. The van der Waals surface area contributed by atoms with Crippen molar-refractivity contribution in [2.45, 2.75) is 57.0 Å². The molecule has 2 saturated heterocycles. The number of ether oxygens (including phenoxy) is 1. The topological polar surface area (TPSA) is 59.4 Å². The van der Waals surface area contributed by atoms with Gasteiger partial charge in [0, 0.05) is 31.7 Å². The minimum absolute atomic E-state index is 0.0649. The van der Waals surface area contributed by atoms with Gasteiger partial charge in [-0.05, 0) is 44.2 Å². The molecule has 0 radical (unpaired) electrons. The van der Waals surface area contributed by atoms with Gasteiger partial charge in [0.05, 0.1) is 33.7 Å². The van der Waals surface area contributed by atoms with Crippen LogP contribution in [0, 0.1) is 5.92 Å². The van der Waals surface area contributed by atoms with Gasteiger partial charge in [-0.1, -0.05) is 36.0 Å². The van der Waals surface area contributed by atoms with Gasteiger partial charge < -0.3 is 19.5 Å². The van der Waals surface area contributed by atoms with Crippen LogP contribution in [0.3, 0.4) is 0 Å². The third kappa shape index (κ3) is 3.90. The molecular weight excluding hydrogens is 423 g/mol. The van der Waals surface area contributed by atoms with Gasteiger partial charge >= 0.3 is 0 Å². The van der Waals surface area contributed by atoms with Crippen molar-refractivity contribution in [2.24, 2.45) is 5.92 Å². The molecule has 2 aliphatic heterocycles. The molecule has 1 saturated carbocycles. The number of nitrogens with zero attached hydrogens (tertiary/aromatic N) is 3. The van der Waals surface area contributed by atoms with Crippen LogP contribution in [0.1, 0.15) is 51.0 Å². The molecule has 1 N–H and O–H groups in total. The first-order chi connectivity index (χ1) is 14.6. The number of nitrogens with one attached hydrogen (secondary N) is 1. The molecule has 0 bridgehead atoms. The quantitative estimate of drug-likeness (QED) is 0.740. The van der Waals surface area contributed by atoms with Gasteiger partial charge in [-0.2, -0.15) is 0 Å². The first-order valence-corrected chi connectivity index (χ1v) is 11.9. The van der Waals surface area contributed by atoms with E-state index in [-0.39, 0.29) is 17.9 Å². The monoisotopic (exact) mass is 450 g/mol. The summed E-state index contributed by atoms with van der Waals surface area (Å²) in [6.45, 7) is 3.05. The second-order valence-corrected chi connectivity index (χ2v) is 9.62. The Morgan fingerprint density at radius 2 is 1.80 bits per heavy atom. The molecule has 3 fully saturated rings. The molecule has 1 unspecified atom stereocenters. The average molecular weight is 451 g/mol. The van der Waals surface area contributed by atoms with Gasteiger partial charge in [-0.25, -0.2) is 4.98 Å². The van der Waals surface area contributed by atoms with Crippen LogP contribution in [0.2, 0.25) is 10.0 Å². The highest BCUT2D eigenvalue weighted by molar-refractivity contribution is 6.42. The average Bonchev–Trinajstić information content (AvgIpc) is 3.49. The molecular formula is C22H28Cl2N4O2. The molecule has 3 heterocycles. The van der Waals surface area contributed by atoms with Crippen LogP contribution in [0.25, 0.3) is 11.0 Å². The first kappa shape index (κ1) is 20.4. The summed E-state index contributed by atoms with van der Waals surface area (Å²) in [6, 6.07) is 4.46. The second kappa shape index (κ2) is 8.56. The molecule has 3 aliphatic rings. The number of anilines is 1. The molecule has 1 aromatic heterocycles. The fourth-order valence-corrected chi connectivity index (χ4v) is 5.45. The predicted octanol–water partition coefficient (Wildman–Crippen LogP) is 4.58. The van der Waals surface area contributed by atoms with E-state index in [9.17, 15) is 4.79 Å². The summed E-state index contributed by atoms with van der Waals surface area (Å²) in [5.41, 5.74) is 1.96. The molecule has 2 aromatic rings. The number of hydrogen-bond donors (Lipinski definition) is 1. The molecule has 1 atom stereocenters. The van der Waals surface area contributed by atoms with E-state index in [1.165, 1.54) is 25.7 Å². The van der Waals surface area contributed by atoms with Crippen molar-refractivity contribution < 1.29 is 9.53 Å². The number of fused-ring (bicyclic) bond motifs is 1. The Bertz CT molecular complexity index is 927. The van der Waals surface area contributed by atoms with Gasteiger partial charge in [0.2, 0.25) is 11.9 Å². The lowest BCUT2D eigenvalue weighted by molar-refractivity contribution is -0.126. The Labute approximate surface area is 186 Å². The van der Waals surface area contributed by atoms with Crippen molar-refractivity contribution in [3.8, 4) is 0 Å². The third-order valence-corrected chi connectivity index (χ3v) is 7.55. The lowest BCUT2D eigenvalue weighted by Gasteiger charge is -2.33. The van der Waals surface area contributed by atoms with Gasteiger partial charge in [0.1, 0.15) is 0 Å². The van der Waals surface area contributed by atoms with Crippen molar-refractivity contribution in [1.29, 1.82) is 0 Å². The number of imidazole rings is 1. The summed E-state index contributed by atoms with van der Waals surface area (Å²) in [5, 5.41) is 4.27. The highest BCUT2D eigenvalue weighted by Gasteiger charge is 2.31. The van der Waals surface area contributed by atoms with E-state index in [0.29, 0.717) is 22.7 Å². The Hall–Kier alpha value is -1.50.